The summed E-state index contributed by atoms with van der Waals surface area (Å²) in [5, 5.41) is 0. The topological polar surface area (TPSA) is 0 Å². The molecule has 0 nitrogen and oxygen atoms in total. The predicted molar refractivity (Wildman–Crippen MR) is 41.6 cm³/mol. The van der Waals surface area contributed by atoms with Crippen LogP contribution in [0.25, 0.3) is 0 Å². The molecule has 2 atom stereocenters. The van der Waals surface area contributed by atoms with Crippen molar-refractivity contribution in [2.24, 2.45) is 17.3 Å². The molecule has 0 saturated heterocycles. The Labute approximate surface area is 62.3 Å². The lowest BCUT2D eigenvalue weighted by Crippen LogP contribution is -2.29. The van der Waals surface area contributed by atoms with Gasteiger partial charge in [0.05, 0.1) is 0 Å². The van der Waals surface area contributed by atoms with Crippen molar-refractivity contribution in [2.75, 3.05) is 0 Å². The van der Waals surface area contributed by atoms with Crippen LogP contribution >= 0.6 is 0 Å². The SMILES string of the molecule is CC1C(C)C12CC1=C2CC1. The highest BCUT2D eigenvalue weighted by molar-refractivity contribution is 5.48. The van der Waals surface area contributed by atoms with Crippen molar-refractivity contribution in [2.45, 2.75) is 33.1 Å². The molecule has 0 aromatic heterocycles. The van der Waals surface area contributed by atoms with Gasteiger partial charge in [0.1, 0.15) is 0 Å². The smallest absolute Gasteiger partial charge is 0.000879 e. The molecule has 1 spiro atoms. The first-order chi connectivity index (χ1) is 4.77. The summed E-state index contributed by atoms with van der Waals surface area (Å²) in [6.07, 6.45) is 4.37. The van der Waals surface area contributed by atoms with Crippen LogP contribution in [0.4, 0.5) is 0 Å². The minimum atomic E-state index is 0.785. The molecule has 54 valence electrons. The van der Waals surface area contributed by atoms with E-state index in [0.29, 0.717) is 0 Å². The van der Waals surface area contributed by atoms with Crippen molar-refractivity contribution in [3.8, 4) is 0 Å². The molecule has 0 aromatic rings. The largest absolute Gasteiger partial charge is 0.0692 e. The van der Waals surface area contributed by atoms with Gasteiger partial charge in [-0.15, -0.1) is 0 Å². The van der Waals surface area contributed by atoms with Crippen molar-refractivity contribution in [3.05, 3.63) is 11.1 Å². The molecule has 1 fully saturated rings. The van der Waals surface area contributed by atoms with Crippen LogP contribution < -0.4 is 0 Å². The van der Waals surface area contributed by atoms with Crippen LogP contribution in [0.1, 0.15) is 33.1 Å². The molecule has 0 aliphatic heterocycles. The second kappa shape index (κ2) is 1.22. The Hall–Kier alpha value is -0.260. The molecule has 10 heavy (non-hydrogen) atoms. The zero-order valence-corrected chi connectivity index (χ0v) is 6.78. The Morgan fingerprint density at radius 3 is 2.00 bits per heavy atom. The summed E-state index contributed by atoms with van der Waals surface area (Å²) in [4.78, 5) is 0. The van der Waals surface area contributed by atoms with Gasteiger partial charge in [-0.3, -0.25) is 0 Å². The van der Waals surface area contributed by atoms with E-state index < -0.39 is 0 Å². The van der Waals surface area contributed by atoms with E-state index in [9.17, 15) is 0 Å². The first kappa shape index (κ1) is 5.40. The first-order valence-corrected chi connectivity index (χ1v) is 4.48. The van der Waals surface area contributed by atoms with Gasteiger partial charge in [0.15, 0.2) is 0 Å². The van der Waals surface area contributed by atoms with Gasteiger partial charge in [-0.05, 0) is 31.1 Å². The van der Waals surface area contributed by atoms with Gasteiger partial charge in [0, 0.05) is 5.41 Å². The van der Waals surface area contributed by atoms with Gasteiger partial charge in [0.2, 0.25) is 0 Å². The van der Waals surface area contributed by atoms with Crippen LogP contribution in [-0.4, -0.2) is 0 Å². The van der Waals surface area contributed by atoms with Gasteiger partial charge in [0.25, 0.3) is 0 Å². The number of allylic oxidation sites excluding steroid dienone is 2. The highest BCUT2D eigenvalue weighted by Crippen LogP contribution is 2.76. The molecule has 0 amide bonds. The van der Waals surface area contributed by atoms with E-state index in [2.05, 4.69) is 13.8 Å². The van der Waals surface area contributed by atoms with Crippen molar-refractivity contribution >= 4 is 0 Å². The molecular weight excluding hydrogens is 120 g/mol. The van der Waals surface area contributed by atoms with E-state index in [1.807, 2.05) is 11.1 Å². The number of hydrogen-bond donors (Lipinski definition) is 0. The Morgan fingerprint density at radius 1 is 1.20 bits per heavy atom. The summed E-state index contributed by atoms with van der Waals surface area (Å²) < 4.78 is 0. The summed E-state index contributed by atoms with van der Waals surface area (Å²) in [5.41, 5.74) is 4.50. The third kappa shape index (κ3) is 0.309. The fourth-order valence-electron chi connectivity index (χ4n) is 3.27. The molecule has 0 heteroatoms. The first-order valence-electron chi connectivity index (χ1n) is 4.48. The molecule has 0 heterocycles. The number of fused-ring (bicyclic) bond motifs is 1. The average Bonchev–Trinajstić information content (AvgIpc) is 2.37. The van der Waals surface area contributed by atoms with Crippen molar-refractivity contribution in [3.63, 3.8) is 0 Å². The molecule has 3 rings (SSSR count). The van der Waals surface area contributed by atoms with Crippen LogP contribution in [0.15, 0.2) is 11.1 Å². The lowest BCUT2D eigenvalue weighted by atomic mass is 9.61. The van der Waals surface area contributed by atoms with E-state index in [4.69, 9.17) is 0 Å². The van der Waals surface area contributed by atoms with Crippen molar-refractivity contribution in [1.82, 2.24) is 0 Å². The molecule has 0 aromatic carbocycles. The zero-order valence-electron chi connectivity index (χ0n) is 6.78. The quantitative estimate of drug-likeness (QED) is 0.447. The second-order valence-corrected chi connectivity index (χ2v) is 4.38. The van der Waals surface area contributed by atoms with Crippen LogP contribution in [0.2, 0.25) is 0 Å². The molecular formula is C10H14. The van der Waals surface area contributed by atoms with Crippen LogP contribution in [0.5, 0.6) is 0 Å². The van der Waals surface area contributed by atoms with E-state index in [-0.39, 0.29) is 0 Å². The maximum absolute atomic E-state index is 2.42. The van der Waals surface area contributed by atoms with E-state index in [1.54, 1.807) is 0 Å². The van der Waals surface area contributed by atoms with Gasteiger partial charge in [-0.2, -0.15) is 0 Å². The molecule has 3 aliphatic carbocycles. The Kier molecular flexibility index (Phi) is 0.657. The third-order valence-corrected chi connectivity index (χ3v) is 4.44. The molecule has 3 aliphatic rings. The van der Waals surface area contributed by atoms with Crippen LogP contribution in [-0.2, 0) is 0 Å². The minimum absolute atomic E-state index is 0.785. The van der Waals surface area contributed by atoms with Crippen LogP contribution in [0.3, 0.4) is 0 Å². The molecule has 0 bridgehead atoms. The Balaban J connectivity index is 2.01. The van der Waals surface area contributed by atoms with Crippen molar-refractivity contribution < 1.29 is 0 Å². The summed E-state index contributed by atoms with van der Waals surface area (Å²) >= 11 is 0. The molecule has 0 radical (unpaired) electrons. The molecule has 2 unspecified atom stereocenters. The van der Waals surface area contributed by atoms with E-state index in [0.717, 1.165) is 17.3 Å². The standard InChI is InChI=1S/C10H14/c1-6-7(2)10(6)5-8-3-4-9(8)10/h6-7H,3-5H2,1-2H3. The van der Waals surface area contributed by atoms with Gasteiger partial charge in [-0.25, -0.2) is 0 Å². The summed E-state index contributed by atoms with van der Waals surface area (Å²) in [6.45, 7) is 4.85. The van der Waals surface area contributed by atoms with Crippen molar-refractivity contribution in [1.29, 1.82) is 0 Å². The summed E-state index contributed by atoms with van der Waals surface area (Å²) in [6, 6.07) is 0. The summed E-state index contributed by atoms with van der Waals surface area (Å²) in [5.74, 6) is 2.04. The maximum atomic E-state index is 2.42. The lowest BCUT2D eigenvalue weighted by molar-refractivity contribution is 0.369. The monoisotopic (exact) mass is 134 g/mol. The Morgan fingerprint density at radius 2 is 1.90 bits per heavy atom. The zero-order chi connectivity index (χ0) is 6.93. The summed E-state index contributed by atoms with van der Waals surface area (Å²) in [7, 11) is 0. The number of hydrogen-bond acceptors (Lipinski definition) is 0. The molecule has 0 N–H and O–H groups in total. The van der Waals surface area contributed by atoms with Gasteiger partial charge in [-0.1, -0.05) is 25.0 Å². The fourth-order valence-corrected chi connectivity index (χ4v) is 3.27. The fraction of sp³-hybridized carbons (Fsp3) is 0.800. The lowest BCUT2D eigenvalue weighted by Gasteiger charge is -2.43. The van der Waals surface area contributed by atoms with Gasteiger partial charge < -0.3 is 0 Å². The highest BCUT2D eigenvalue weighted by Gasteiger charge is 2.67. The van der Waals surface area contributed by atoms with E-state index in [1.165, 1.54) is 19.3 Å². The minimum Gasteiger partial charge on any atom is -0.0692 e. The highest BCUT2D eigenvalue weighted by atomic mass is 14.7. The number of rotatable bonds is 0. The second-order valence-electron chi connectivity index (χ2n) is 4.38. The van der Waals surface area contributed by atoms with E-state index >= 15 is 0 Å². The predicted octanol–water partition coefficient (Wildman–Crippen LogP) is 2.75. The maximum Gasteiger partial charge on any atom is 0.000879 e. The third-order valence-electron chi connectivity index (χ3n) is 4.44. The molecule has 1 saturated carbocycles. The van der Waals surface area contributed by atoms with Gasteiger partial charge >= 0.3 is 0 Å². The normalized spacial score (nSPS) is 55.8. The van der Waals surface area contributed by atoms with Crippen LogP contribution in [0, 0.1) is 17.3 Å². The Bertz CT molecular complexity index is 226. The average molecular weight is 134 g/mol.